The maximum absolute atomic E-state index is 11.4. The molecule has 1 fully saturated rings. The lowest BCUT2D eigenvalue weighted by Gasteiger charge is -2.41. The fourth-order valence-electron chi connectivity index (χ4n) is 2.47. The summed E-state index contributed by atoms with van der Waals surface area (Å²) in [5, 5.41) is 10.3. The summed E-state index contributed by atoms with van der Waals surface area (Å²) < 4.78 is 0. The van der Waals surface area contributed by atoms with Gasteiger partial charge in [-0.2, -0.15) is 0 Å². The highest BCUT2D eigenvalue weighted by atomic mass is 16.3. The molecule has 0 heterocycles. The minimum atomic E-state index is -1.05. The van der Waals surface area contributed by atoms with E-state index in [0.29, 0.717) is 18.3 Å². The molecule has 0 radical (unpaired) electrons. The molecule has 0 spiro atoms. The van der Waals surface area contributed by atoms with E-state index in [1.54, 1.807) is 0 Å². The van der Waals surface area contributed by atoms with Gasteiger partial charge in [0.05, 0.1) is 0 Å². The Hall–Kier alpha value is -0.370. The lowest BCUT2D eigenvalue weighted by atomic mass is 9.67. The molecule has 0 aromatic heterocycles. The van der Waals surface area contributed by atoms with Crippen molar-refractivity contribution >= 4 is 5.78 Å². The molecule has 0 aliphatic heterocycles. The molecule has 0 aromatic rings. The zero-order chi connectivity index (χ0) is 10.9. The Labute approximate surface area is 86.7 Å². The number of carbonyl (C=O) groups excluding carboxylic acids is 1. The van der Waals surface area contributed by atoms with E-state index >= 15 is 0 Å². The minimum Gasteiger partial charge on any atom is -0.382 e. The monoisotopic (exact) mass is 198 g/mol. The number of ketones is 1. The van der Waals surface area contributed by atoms with Crippen LogP contribution in [0.4, 0.5) is 0 Å². The quantitative estimate of drug-likeness (QED) is 0.739. The molecule has 14 heavy (non-hydrogen) atoms. The van der Waals surface area contributed by atoms with Crippen LogP contribution >= 0.6 is 0 Å². The van der Waals surface area contributed by atoms with Crippen LogP contribution in [0.3, 0.4) is 0 Å². The summed E-state index contributed by atoms with van der Waals surface area (Å²) in [6.45, 7) is 7.83. The lowest BCUT2D eigenvalue weighted by molar-refractivity contribution is -0.147. The van der Waals surface area contributed by atoms with Gasteiger partial charge in [0.1, 0.15) is 5.60 Å². The molecule has 1 rings (SSSR count). The zero-order valence-electron chi connectivity index (χ0n) is 9.71. The van der Waals surface area contributed by atoms with E-state index in [4.69, 9.17) is 0 Å². The third-order valence-corrected chi connectivity index (χ3v) is 3.91. The predicted molar refractivity (Wildman–Crippen MR) is 57.0 cm³/mol. The first-order valence-corrected chi connectivity index (χ1v) is 5.61. The lowest BCUT2D eigenvalue weighted by Crippen LogP contribution is -2.48. The summed E-state index contributed by atoms with van der Waals surface area (Å²) in [5.74, 6) is 1.12. The predicted octanol–water partition coefficient (Wildman–Crippen LogP) is 2.40. The van der Waals surface area contributed by atoms with Gasteiger partial charge in [0, 0.05) is 0 Å². The number of hydrogen-bond acceptors (Lipinski definition) is 2. The number of rotatable bonds is 2. The van der Waals surface area contributed by atoms with Gasteiger partial charge in [-0.3, -0.25) is 4.79 Å². The summed E-state index contributed by atoms with van der Waals surface area (Å²) in [6, 6.07) is 0. The molecule has 0 unspecified atom stereocenters. The van der Waals surface area contributed by atoms with Crippen molar-refractivity contribution in [3.8, 4) is 0 Å². The van der Waals surface area contributed by atoms with Crippen molar-refractivity contribution in [3.63, 3.8) is 0 Å². The van der Waals surface area contributed by atoms with E-state index in [-0.39, 0.29) is 11.7 Å². The first-order valence-electron chi connectivity index (χ1n) is 5.61. The summed E-state index contributed by atoms with van der Waals surface area (Å²) in [6.07, 6.45) is 2.77. The summed E-state index contributed by atoms with van der Waals surface area (Å²) in [5.41, 5.74) is -1.05. The van der Waals surface area contributed by atoms with E-state index in [1.807, 2.05) is 6.92 Å². The van der Waals surface area contributed by atoms with Crippen molar-refractivity contribution in [2.75, 3.05) is 0 Å². The Morgan fingerprint density at radius 3 is 2.43 bits per heavy atom. The molecule has 2 nitrogen and oxygen atoms in total. The van der Waals surface area contributed by atoms with Crippen molar-refractivity contribution in [3.05, 3.63) is 0 Å². The molecule has 1 N–H and O–H groups in total. The third kappa shape index (κ3) is 2.00. The van der Waals surface area contributed by atoms with Crippen LogP contribution in [0.15, 0.2) is 0 Å². The van der Waals surface area contributed by atoms with Crippen molar-refractivity contribution in [1.82, 2.24) is 0 Å². The van der Waals surface area contributed by atoms with Crippen molar-refractivity contribution in [2.45, 2.75) is 52.6 Å². The molecule has 0 amide bonds. The minimum absolute atomic E-state index is 0.0599. The number of Topliss-reactive ketones (excluding diaryl/α,β-unsaturated/α-hetero) is 1. The second kappa shape index (κ2) is 4.01. The molecule has 0 aromatic carbocycles. The molecular weight excluding hydrogens is 176 g/mol. The Balaban J connectivity index is 2.78. The number of carbonyl (C=O) groups is 1. The molecule has 1 aliphatic rings. The van der Waals surface area contributed by atoms with Crippen molar-refractivity contribution < 1.29 is 9.90 Å². The van der Waals surface area contributed by atoms with Crippen molar-refractivity contribution in [2.24, 2.45) is 17.8 Å². The standard InChI is InChI=1S/C12H22O2/c1-8(2)11-6-5-9(3)12(14,7-11)10(4)13/h8-9,11,14H,5-7H2,1-4H3/t9-,11+,12-/m0/s1. The van der Waals surface area contributed by atoms with Gasteiger partial charge in [0.2, 0.25) is 0 Å². The van der Waals surface area contributed by atoms with Gasteiger partial charge >= 0.3 is 0 Å². The summed E-state index contributed by atoms with van der Waals surface area (Å²) in [4.78, 5) is 11.4. The summed E-state index contributed by atoms with van der Waals surface area (Å²) in [7, 11) is 0. The average molecular weight is 198 g/mol. The fourth-order valence-corrected chi connectivity index (χ4v) is 2.47. The fraction of sp³-hybridized carbons (Fsp3) is 0.917. The van der Waals surface area contributed by atoms with Crippen molar-refractivity contribution in [1.29, 1.82) is 0 Å². The Bertz CT molecular complexity index is 222. The van der Waals surface area contributed by atoms with Gasteiger partial charge in [0.25, 0.3) is 0 Å². The van der Waals surface area contributed by atoms with Crippen LogP contribution in [0.25, 0.3) is 0 Å². The SMILES string of the molecule is CC(=O)[C@]1(O)C[C@H](C(C)C)CC[C@@H]1C. The highest BCUT2D eigenvalue weighted by Crippen LogP contribution is 2.40. The molecule has 2 heteroatoms. The van der Waals surface area contributed by atoms with Crippen LogP contribution in [0.2, 0.25) is 0 Å². The van der Waals surface area contributed by atoms with Crippen LogP contribution in [-0.4, -0.2) is 16.5 Å². The van der Waals surface area contributed by atoms with Gasteiger partial charge in [-0.25, -0.2) is 0 Å². The molecule has 1 aliphatic carbocycles. The van der Waals surface area contributed by atoms with Crippen LogP contribution in [0.1, 0.15) is 47.0 Å². The maximum atomic E-state index is 11.4. The van der Waals surface area contributed by atoms with Gasteiger partial charge in [0.15, 0.2) is 5.78 Å². The highest BCUT2D eigenvalue weighted by molar-refractivity contribution is 5.85. The Morgan fingerprint density at radius 1 is 1.43 bits per heavy atom. The highest BCUT2D eigenvalue weighted by Gasteiger charge is 2.44. The van der Waals surface area contributed by atoms with Gasteiger partial charge in [-0.1, -0.05) is 20.8 Å². The van der Waals surface area contributed by atoms with Crippen LogP contribution in [-0.2, 0) is 4.79 Å². The third-order valence-electron chi connectivity index (χ3n) is 3.91. The first kappa shape index (κ1) is 11.7. The van der Waals surface area contributed by atoms with E-state index in [2.05, 4.69) is 13.8 Å². The second-order valence-corrected chi connectivity index (χ2v) is 5.17. The molecule has 1 saturated carbocycles. The zero-order valence-corrected chi connectivity index (χ0v) is 9.71. The first-order chi connectivity index (χ1) is 6.38. The van der Waals surface area contributed by atoms with Crippen LogP contribution in [0.5, 0.6) is 0 Å². The normalized spacial score (nSPS) is 38.7. The van der Waals surface area contributed by atoms with Crippen LogP contribution < -0.4 is 0 Å². The summed E-state index contributed by atoms with van der Waals surface area (Å²) >= 11 is 0. The second-order valence-electron chi connectivity index (χ2n) is 5.17. The van der Waals surface area contributed by atoms with E-state index in [9.17, 15) is 9.90 Å². The largest absolute Gasteiger partial charge is 0.382 e. The van der Waals surface area contributed by atoms with Gasteiger partial charge < -0.3 is 5.11 Å². The topological polar surface area (TPSA) is 37.3 Å². The maximum Gasteiger partial charge on any atom is 0.161 e. The van der Waals surface area contributed by atoms with Gasteiger partial charge in [-0.15, -0.1) is 0 Å². The van der Waals surface area contributed by atoms with E-state index in [1.165, 1.54) is 6.92 Å². The molecule has 0 bridgehead atoms. The molecule has 82 valence electrons. The average Bonchev–Trinajstić information content (AvgIpc) is 2.09. The van der Waals surface area contributed by atoms with Gasteiger partial charge in [-0.05, 0) is 43.9 Å². The number of aliphatic hydroxyl groups is 1. The number of hydrogen-bond donors (Lipinski definition) is 1. The molecule has 0 saturated heterocycles. The van der Waals surface area contributed by atoms with E-state index < -0.39 is 5.60 Å². The molecule has 3 atom stereocenters. The Morgan fingerprint density at radius 2 is 2.00 bits per heavy atom. The molecular formula is C12H22O2. The van der Waals surface area contributed by atoms with E-state index in [0.717, 1.165) is 12.8 Å². The Kier molecular flexibility index (Phi) is 3.36. The smallest absolute Gasteiger partial charge is 0.161 e. The van der Waals surface area contributed by atoms with Crippen LogP contribution in [0, 0.1) is 17.8 Å².